The summed E-state index contributed by atoms with van der Waals surface area (Å²) >= 11 is 0. The van der Waals surface area contributed by atoms with Crippen LogP contribution in [0.15, 0.2) is 30.3 Å². The minimum absolute atomic E-state index is 0.0440. The van der Waals surface area contributed by atoms with E-state index in [0.717, 1.165) is 13.2 Å². The molecule has 0 bridgehead atoms. The van der Waals surface area contributed by atoms with Gasteiger partial charge in [0.2, 0.25) is 0 Å². The van der Waals surface area contributed by atoms with Crippen LogP contribution < -0.4 is 5.32 Å². The molecule has 1 aromatic rings. The lowest BCUT2D eigenvalue weighted by molar-refractivity contribution is -0.00149. The minimum atomic E-state index is -0.0440. The SMILES string of the molecule is C[C@H](NCCOC(C)(C)C)c1ccccc1. The average Bonchev–Trinajstić information content (AvgIpc) is 2.24. The molecule has 90 valence electrons. The molecule has 16 heavy (non-hydrogen) atoms. The van der Waals surface area contributed by atoms with E-state index in [-0.39, 0.29) is 5.60 Å². The zero-order valence-electron chi connectivity index (χ0n) is 10.8. The van der Waals surface area contributed by atoms with Gasteiger partial charge in [-0.2, -0.15) is 0 Å². The summed E-state index contributed by atoms with van der Waals surface area (Å²) in [5.41, 5.74) is 1.27. The Labute approximate surface area is 99.0 Å². The van der Waals surface area contributed by atoms with Crippen LogP contribution in [0, 0.1) is 0 Å². The quantitative estimate of drug-likeness (QED) is 0.771. The Bertz CT molecular complexity index is 289. The molecule has 0 saturated heterocycles. The highest BCUT2D eigenvalue weighted by molar-refractivity contribution is 5.17. The molecule has 0 aliphatic carbocycles. The summed E-state index contributed by atoms with van der Waals surface area (Å²) in [7, 11) is 0. The maximum absolute atomic E-state index is 5.65. The molecule has 1 rings (SSSR count). The van der Waals surface area contributed by atoms with E-state index in [1.807, 2.05) is 6.07 Å². The van der Waals surface area contributed by atoms with Crippen LogP contribution in [0.3, 0.4) is 0 Å². The van der Waals surface area contributed by atoms with Gasteiger partial charge in [-0.1, -0.05) is 30.3 Å². The normalized spacial score (nSPS) is 13.8. The maximum atomic E-state index is 5.65. The Morgan fingerprint density at radius 3 is 2.38 bits per heavy atom. The molecule has 2 heteroatoms. The van der Waals surface area contributed by atoms with Gasteiger partial charge in [0.25, 0.3) is 0 Å². The molecule has 0 aliphatic heterocycles. The standard InChI is InChI=1S/C14H23NO/c1-12(13-8-6-5-7-9-13)15-10-11-16-14(2,3)4/h5-9,12,15H,10-11H2,1-4H3/t12-/m0/s1. The molecule has 0 aliphatic rings. The molecule has 0 radical (unpaired) electrons. The van der Waals surface area contributed by atoms with Gasteiger partial charge in [0.05, 0.1) is 12.2 Å². The smallest absolute Gasteiger partial charge is 0.0599 e. The lowest BCUT2D eigenvalue weighted by atomic mass is 10.1. The van der Waals surface area contributed by atoms with Gasteiger partial charge in [-0.15, -0.1) is 0 Å². The van der Waals surface area contributed by atoms with Crippen molar-refractivity contribution >= 4 is 0 Å². The van der Waals surface area contributed by atoms with Crippen LogP contribution in [0.5, 0.6) is 0 Å². The molecule has 0 saturated carbocycles. The Kier molecular flexibility index (Phi) is 4.97. The first kappa shape index (κ1) is 13.2. The summed E-state index contributed by atoms with van der Waals surface area (Å²) < 4.78 is 5.65. The van der Waals surface area contributed by atoms with Crippen LogP contribution in [0.1, 0.15) is 39.3 Å². The third kappa shape index (κ3) is 5.29. The summed E-state index contributed by atoms with van der Waals surface area (Å²) in [5, 5.41) is 3.45. The maximum Gasteiger partial charge on any atom is 0.0599 e. The minimum Gasteiger partial charge on any atom is -0.375 e. The molecule has 0 spiro atoms. The Hall–Kier alpha value is -0.860. The van der Waals surface area contributed by atoms with Crippen LogP contribution in [-0.4, -0.2) is 18.8 Å². The van der Waals surface area contributed by atoms with Gasteiger partial charge < -0.3 is 10.1 Å². The molecular formula is C14H23NO. The van der Waals surface area contributed by atoms with Crippen molar-refractivity contribution in [3.05, 3.63) is 35.9 Å². The van der Waals surface area contributed by atoms with Gasteiger partial charge in [-0.3, -0.25) is 0 Å². The first-order valence-corrected chi connectivity index (χ1v) is 5.91. The van der Waals surface area contributed by atoms with Crippen LogP contribution in [0.4, 0.5) is 0 Å². The summed E-state index contributed by atoms with van der Waals surface area (Å²) in [6, 6.07) is 10.8. The summed E-state index contributed by atoms with van der Waals surface area (Å²) in [4.78, 5) is 0. The van der Waals surface area contributed by atoms with E-state index < -0.39 is 0 Å². The highest BCUT2D eigenvalue weighted by atomic mass is 16.5. The zero-order valence-corrected chi connectivity index (χ0v) is 10.8. The van der Waals surface area contributed by atoms with E-state index in [0.29, 0.717) is 6.04 Å². The molecule has 1 N–H and O–H groups in total. The fraction of sp³-hybridized carbons (Fsp3) is 0.571. The van der Waals surface area contributed by atoms with Gasteiger partial charge >= 0.3 is 0 Å². The number of hydrogen-bond donors (Lipinski definition) is 1. The predicted molar refractivity (Wildman–Crippen MR) is 68.6 cm³/mol. The Morgan fingerprint density at radius 2 is 1.81 bits per heavy atom. The largest absolute Gasteiger partial charge is 0.375 e. The average molecular weight is 221 g/mol. The highest BCUT2D eigenvalue weighted by Crippen LogP contribution is 2.11. The molecule has 0 amide bonds. The Morgan fingerprint density at radius 1 is 1.19 bits per heavy atom. The lowest BCUT2D eigenvalue weighted by Gasteiger charge is -2.21. The number of ether oxygens (including phenoxy) is 1. The third-order valence-corrected chi connectivity index (χ3v) is 2.39. The van der Waals surface area contributed by atoms with E-state index in [9.17, 15) is 0 Å². The van der Waals surface area contributed by atoms with Crippen molar-refractivity contribution in [2.75, 3.05) is 13.2 Å². The van der Waals surface area contributed by atoms with Crippen LogP contribution in [-0.2, 0) is 4.74 Å². The Balaban J connectivity index is 2.24. The van der Waals surface area contributed by atoms with E-state index >= 15 is 0 Å². The van der Waals surface area contributed by atoms with Crippen LogP contribution >= 0.6 is 0 Å². The second-order valence-corrected chi connectivity index (χ2v) is 5.05. The van der Waals surface area contributed by atoms with Gasteiger partial charge in [0, 0.05) is 12.6 Å². The van der Waals surface area contributed by atoms with Crippen molar-refractivity contribution in [1.82, 2.24) is 5.32 Å². The number of benzene rings is 1. The fourth-order valence-corrected chi connectivity index (χ4v) is 1.49. The third-order valence-electron chi connectivity index (χ3n) is 2.39. The number of rotatable bonds is 5. The molecule has 0 aromatic heterocycles. The highest BCUT2D eigenvalue weighted by Gasteiger charge is 2.09. The van der Waals surface area contributed by atoms with Crippen LogP contribution in [0.25, 0.3) is 0 Å². The van der Waals surface area contributed by atoms with Crippen LogP contribution in [0.2, 0.25) is 0 Å². The van der Waals surface area contributed by atoms with E-state index in [2.05, 4.69) is 57.3 Å². The number of hydrogen-bond acceptors (Lipinski definition) is 2. The predicted octanol–water partition coefficient (Wildman–Crippen LogP) is 3.15. The monoisotopic (exact) mass is 221 g/mol. The number of nitrogens with one attached hydrogen (secondary N) is 1. The first-order valence-electron chi connectivity index (χ1n) is 5.91. The summed E-state index contributed by atoms with van der Waals surface area (Å²) in [5.74, 6) is 0. The second kappa shape index (κ2) is 6.02. The molecule has 1 aromatic carbocycles. The van der Waals surface area contributed by atoms with E-state index in [1.165, 1.54) is 5.56 Å². The first-order chi connectivity index (χ1) is 7.49. The summed E-state index contributed by atoms with van der Waals surface area (Å²) in [6.07, 6.45) is 0. The van der Waals surface area contributed by atoms with Gasteiger partial charge in [-0.25, -0.2) is 0 Å². The molecule has 0 unspecified atom stereocenters. The van der Waals surface area contributed by atoms with Crippen molar-refractivity contribution < 1.29 is 4.74 Å². The van der Waals surface area contributed by atoms with Gasteiger partial charge in [0.15, 0.2) is 0 Å². The molecule has 0 fully saturated rings. The van der Waals surface area contributed by atoms with Crippen molar-refractivity contribution in [2.45, 2.75) is 39.3 Å². The van der Waals surface area contributed by atoms with Gasteiger partial charge in [-0.05, 0) is 33.3 Å². The van der Waals surface area contributed by atoms with Crippen molar-refractivity contribution in [2.24, 2.45) is 0 Å². The zero-order chi connectivity index (χ0) is 12.0. The van der Waals surface area contributed by atoms with E-state index in [1.54, 1.807) is 0 Å². The lowest BCUT2D eigenvalue weighted by Crippen LogP contribution is -2.28. The van der Waals surface area contributed by atoms with Crippen molar-refractivity contribution in [1.29, 1.82) is 0 Å². The van der Waals surface area contributed by atoms with Crippen molar-refractivity contribution in [3.8, 4) is 0 Å². The fourth-order valence-electron chi connectivity index (χ4n) is 1.49. The second-order valence-electron chi connectivity index (χ2n) is 5.05. The topological polar surface area (TPSA) is 21.3 Å². The van der Waals surface area contributed by atoms with Gasteiger partial charge in [0.1, 0.15) is 0 Å². The molecular weight excluding hydrogens is 198 g/mol. The molecule has 1 atom stereocenters. The van der Waals surface area contributed by atoms with E-state index in [4.69, 9.17) is 4.74 Å². The molecule has 2 nitrogen and oxygen atoms in total. The summed E-state index contributed by atoms with van der Waals surface area (Å²) in [6.45, 7) is 10.0. The molecule has 0 heterocycles. The van der Waals surface area contributed by atoms with Crippen molar-refractivity contribution in [3.63, 3.8) is 0 Å².